The van der Waals surface area contributed by atoms with Crippen molar-refractivity contribution in [1.29, 1.82) is 0 Å². The highest BCUT2D eigenvalue weighted by Gasteiger charge is 2.14. The molecule has 0 radical (unpaired) electrons. The molecular weight excluding hydrogens is 282 g/mol. The van der Waals surface area contributed by atoms with Gasteiger partial charge >= 0.3 is 5.56 Å². The van der Waals surface area contributed by atoms with Crippen molar-refractivity contribution in [3.05, 3.63) is 34.6 Å². The van der Waals surface area contributed by atoms with Crippen LogP contribution in [-0.4, -0.2) is 26.1 Å². The lowest BCUT2D eigenvalue weighted by Crippen LogP contribution is -2.19. The molecule has 1 aromatic carbocycles. The number of thioether (sulfide) groups is 1. The van der Waals surface area contributed by atoms with Crippen molar-refractivity contribution in [2.45, 2.75) is 4.34 Å². The van der Waals surface area contributed by atoms with Crippen molar-refractivity contribution in [1.82, 2.24) is 19.8 Å². The van der Waals surface area contributed by atoms with Crippen LogP contribution < -0.4 is 11.3 Å². The largest absolute Gasteiger partial charge is 0.398 e. The van der Waals surface area contributed by atoms with E-state index in [1.165, 1.54) is 27.6 Å². The molecule has 0 saturated carbocycles. The van der Waals surface area contributed by atoms with Gasteiger partial charge in [0, 0.05) is 11.3 Å². The number of fused-ring (bicyclic) bond motifs is 1. The van der Waals surface area contributed by atoms with Crippen molar-refractivity contribution in [2.24, 2.45) is 0 Å². The van der Waals surface area contributed by atoms with Crippen molar-refractivity contribution in [3.63, 3.8) is 0 Å². The lowest BCUT2D eigenvalue weighted by atomic mass is 10.1. The highest BCUT2D eigenvalue weighted by atomic mass is 32.2. The van der Waals surface area contributed by atoms with Crippen LogP contribution in [0.15, 0.2) is 33.4 Å². The fraction of sp³-hybridized carbons (Fsp3) is 0.0909. The maximum Gasteiger partial charge on any atom is 0.302 e. The van der Waals surface area contributed by atoms with E-state index in [9.17, 15) is 4.79 Å². The van der Waals surface area contributed by atoms with E-state index in [-0.39, 0.29) is 11.3 Å². The van der Waals surface area contributed by atoms with Crippen LogP contribution in [0.5, 0.6) is 0 Å². The molecular formula is C11H9N5OS2. The van der Waals surface area contributed by atoms with Gasteiger partial charge in [0.2, 0.25) is 4.96 Å². The standard InChI is InChI=1S/C11H9N5OS2/c1-18-11-15-16-9(17)8(13-14-10(16)19-11)6-4-2-3-5-7(6)12/h2-5H,12H2,1H3. The maximum absolute atomic E-state index is 12.4. The predicted molar refractivity (Wildman–Crippen MR) is 76.6 cm³/mol. The number of nitrogens with zero attached hydrogens (tertiary/aromatic N) is 4. The number of rotatable bonds is 2. The Morgan fingerprint density at radius 1 is 1.32 bits per heavy atom. The molecule has 8 heteroatoms. The number of anilines is 1. The van der Waals surface area contributed by atoms with Crippen LogP contribution in [0.3, 0.4) is 0 Å². The van der Waals surface area contributed by atoms with E-state index in [2.05, 4.69) is 15.3 Å². The molecule has 0 atom stereocenters. The summed E-state index contributed by atoms with van der Waals surface area (Å²) in [6, 6.07) is 7.07. The second-order valence-corrected chi connectivity index (χ2v) is 5.72. The number of nitrogens with two attached hydrogens (primary N) is 1. The van der Waals surface area contributed by atoms with Crippen LogP contribution in [0, 0.1) is 0 Å². The van der Waals surface area contributed by atoms with Gasteiger partial charge < -0.3 is 5.73 Å². The van der Waals surface area contributed by atoms with E-state index in [4.69, 9.17) is 5.73 Å². The molecule has 0 aliphatic heterocycles. The monoisotopic (exact) mass is 291 g/mol. The van der Waals surface area contributed by atoms with Gasteiger partial charge in [-0.3, -0.25) is 4.79 Å². The van der Waals surface area contributed by atoms with Gasteiger partial charge in [-0.05, 0) is 12.3 Å². The van der Waals surface area contributed by atoms with Crippen LogP contribution in [0.2, 0.25) is 0 Å². The van der Waals surface area contributed by atoms with Crippen LogP contribution in [0.1, 0.15) is 0 Å². The number of nitrogen functional groups attached to an aromatic ring is 1. The summed E-state index contributed by atoms with van der Waals surface area (Å²) in [7, 11) is 0. The fourth-order valence-electron chi connectivity index (χ4n) is 1.66. The molecule has 0 bridgehead atoms. The molecule has 0 spiro atoms. The topological polar surface area (TPSA) is 86.2 Å². The van der Waals surface area contributed by atoms with E-state index in [0.717, 1.165) is 4.34 Å². The van der Waals surface area contributed by atoms with Crippen LogP contribution in [0.4, 0.5) is 5.69 Å². The average Bonchev–Trinajstić information content (AvgIpc) is 2.85. The van der Waals surface area contributed by atoms with Gasteiger partial charge in [-0.25, -0.2) is 0 Å². The average molecular weight is 291 g/mol. The third-order valence-corrected chi connectivity index (χ3v) is 4.44. The number of para-hydroxylation sites is 1. The Kier molecular flexibility index (Phi) is 2.96. The number of benzene rings is 1. The van der Waals surface area contributed by atoms with Gasteiger partial charge in [-0.15, -0.1) is 15.3 Å². The minimum absolute atomic E-state index is 0.216. The molecule has 96 valence electrons. The van der Waals surface area contributed by atoms with Crippen molar-refractivity contribution >= 4 is 33.7 Å². The summed E-state index contributed by atoms with van der Waals surface area (Å²) in [6.45, 7) is 0. The molecule has 0 aliphatic carbocycles. The van der Waals surface area contributed by atoms with Gasteiger partial charge in [0.25, 0.3) is 0 Å². The fourth-order valence-corrected chi connectivity index (χ4v) is 2.95. The Bertz CT molecular complexity index is 810. The Morgan fingerprint density at radius 2 is 2.11 bits per heavy atom. The van der Waals surface area contributed by atoms with Crippen molar-refractivity contribution in [2.75, 3.05) is 12.0 Å². The molecule has 0 unspecified atom stereocenters. The van der Waals surface area contributed by atoms with Crippen molar-refractivity contribution in [3.8, 4) is 11.3 Å². The summed E-state index contributed by atoms with van der Waals surface area (Å²) in [5, 5.41) is 12.2. The Morgan fingerprint density at radius 3 is 2.84 bits per heavy atom. The van der Waals surface area contributed by atoms with Gasteiger partial charge in [0.05, 0.1) is 0 Å². The van der Waals surface area contributed by atoms with Crippen LogP contribution in [-0.2, 0) is 0 Å². The maximum atomic E-state index is 12.4. The van der Waals surface area contributed by atoms with E-state index < -0.39 is 0 Å². The highest BCUT2D eigenvalue weighted by Crippen LogP contribution is 2.23. The Labute approximate surface area is 116 Å². The number of hydrogen-bond donors (Lipinski definition) is 1. The van der Waals surface area contributed by atoms with Crippen LogP contribution >= 0.6 is 23.1 Å². The van der Waals surface area contributed by atoms with Gasteiger partial charge in [0.15, 0.2) is 10.0 Å². The second-order valence-electron chi connectivity index (χ2n) is 3.71. The summed E-state index contributed by atoms with van der Waals surface area (Å²) >= 11 is 2.79. The molecule has 0 saturated heterocycles. The summed E-state index contributed by atoms with van der Waals surface area (Å²) in [6.07, 6.45) is 1.90. The van der Waals surface area contributed by atoms with E-state index >= 15 is 0 Å². The lowest BCUT2D eigenvalue weighted by molar-refractivity contribution is 0.829. The van der Waals surface area contributed by atoms with E-state index in [1.807, 2.05) is 6.26 Å². The van der Waals surface area contributed by atoms with Gasteiger partial charge in [-0.1, -0.05) is 41.3 Å². The third kappa shape index (κ3) is 1.98. The highest BCUT2D eigenvalue weighted by molar-refractivity contribution is 8.00. The van der Waals surface area contributed by atoms with E-state index in [0.29, 0.717) is 16.2 Å². The predicted octanol–water partition coefficient (Wildman–Crippen LogP) is 1.52. The zero-order valence-corrected chi connectivity index (χ0v) is 11.5. The molecule has 0 fully saturated rings. The van der Waals surface area contributed by atoms with Gasteiger partial charge in [0.1, 0.15) is 0 Å². The molecule has 3 aromatic rings. The molecule has 2 N–H and O–H groups in total. The Hall–Kier alpha value is -1.93. The summed E-state index contributed by atoms with van der Waals surface area (Å²) in [5.41, 5.74) is 6.84. The molecule has 3 rings (SSSR count). The zero-order chi connectivity index (χ0) is 13.4. The molecule has 19 heavy (non-hydrogen) atoms. The SMILES string of the molecule is CSc1nn2c(=O)c(-c3ccccc3N)nnc2s1. The Balaban J connectivity index is 2.29. The van der Waals surface area contributed by atoms with Crippen molar-refractivity contribution < 1.29 is 0 Å². The lowest BCUT2D eigenvalue weighted by Gasteiger charge is -2.02. The first-order valence-corrected chi connectivity index (χ1v) is 7.40. The number of aromatic nitrogens is 4. The van der Waals surface area contributed by atoms with E-state index in [1.54, 1.807) is 24.3 Å². The van der Waals surface area contributed by atoms with Gasteiger partial charge in [-0.2, -0.15) is 4.52 Å². The first-order chi connectivity index (χ1) is 9.20. The minimum Gasteiger partial charge on any atom is -0.398 e. The molecule has 0 aliphatic rings. The first kappa shape index (κ1) is 12.1. The number of hydrogen-bond acceptors (Lipinski definition) is 7. The molecule has 2 aromatic heterocycles. The quantitative estimate of drug-likeness (QED) is 0.569. The summed E-state index contributed by atoms with van der Waals surface area (Å²) < 4.78 is 2.04. The zero-order valence-electron chi connectivity index (χ0n) is 9.90. The normalized spacial score (nSPS) is 11.0. The van der Waals surface area contributed by atoms with Crippen LogP contribution in [0.25, 0.3) is 16.2 Å². The molecule has 0 amide bonds. The molecule has 6 nitrogen and oxygen atoms in total. The minimum atomic E-state index is -0.306. The first-order valence-electron chi connectivity index (χ1n) is 5.36. The summed E-state index contributed by atoms with van der Waals surface area (Å²) in [5.74, 6) is 0. The smallest absolute Gasteiger partial charge is 0.302 e. The third-order valence-electron chi connectivity index (χ3n) is 2.56. The molecule has 2 heterocycles. The second kappa shape index (κ2) is 4.63. The summed E-state index contributed by atoms with van der Waals surface area (Å²) in [4.78, 5) is 12.8.